The maximum Gasteiger partial charge on any atom is 0.246 e. The van der Waals surface area contributed by atoms with Crippen molar-refractivity contribution in [3.05, 3.63) is 29.8 Å². The Hall–Kier alpha value is -1.88. The van der Waals surface area contributed by atoms with Crippen molar-refractivity contribution >= 4 is 17.5 Å². The van der Waals surface area contributed by atoms with Gasteiger partial charge in [0.25, 0.3) is 0 Å². The third-order valence-corrected chi connectivity index (χ3v) is 5.01. The Labute approximate surface area is 137 Å². The number of benzene rings is 1. The highest BCUT2D eigenvalue weighted by atomic mass is 16.2. The van der Waals surface area contributed by atoms with Gasteiger partial charge in [-0.2, -0.15) is 0 Å². The first-order valence-corrected chi connectivity index (χ1v) is 8.56. The van der Waals surface area contributed by atoms with Crippen LogP contribution in [0.25, 0.3) is 0 Å². The van der Waals surface area contributed by atoms with Crippen molar-refractivity contribution in [1.82, 2.24) is 5.32 Å². The van der Waals surface area contributed by atoms with E-state index in [1.165, 1.54) is 5.56 Å². The summed E-state index contributed by atoms with van der Waals surface area (Å²) in [6.45, 7) is 0.728. The fourth-order valence-corrected chi connectivity index (χ4v) is 3.63. The van der Waals surface area contributed by atoms with Gasteiger partial charge in [-0.1, -0.05) is 37.5 Å². The number of para-hydroxylation sites is 1. The summed E-state index contributed by atoms with van der Waals surface area (Å²) in [6, 6.07) is 7.97. The van der Waals surface area contributed by atoms with Gasteiger partial charge in [-0.05, 0) is 37.3 Å². The Bertz CT molecular complexity index is 594. The van der Waals surface area contributed by atoms with E-state index in [2.05, 4.69) is 11.4 Å². The Morgan fingerprint density at radius 3 is 2.65 bits per heavy atom. The van der Waals surface area contributed by atoms with Crippen molar-refractivity contribution in [3.63, 3.8) is 0 Å². The minimum Gasteiger partial charge on any atom is -0.345 e. The van der Waals surface area contributed by atoms with Gasteiger partial charge in [0.1, 0.15) is 0 Å². The molecule has 0 atom stereocenters. The second kappa shape index (κ2) is 6.71. The molecule has 1 fully saturated rings. The maximum atomic E-state index is 12.5. The second-order valence-corrected chi connectivity index (χ2v) is 6.68. The van der Waals surface area contributed by atoms with E-state index in [4.69, 9.17) is 5.73 Å². The first-order valence-electron chi connectivity index (χ1n) is 8.56. The number of fused-ring (bicyclic) bond motifs is 1. The summed E-state index contributed by atoms with van der Waals surface area (Å²) in [5, 5.41) is 2.77. The van der Waals surface area contributed by atoms with Gasteiger partial charge < -0.3 is 16.0 Å². The predicted molar refractivity (Wildman–Crippen MR) is 90.1 cm³/mol. The number of hydrogen-bond acceptors (Lipinski definition) is 3. The molecule has 1 heterocycles. The zero-order valence-electron chi connectivity index (χ0n) is 13.5. The van der Waals surface area contributed by atoms with Crippen LogP contribution in [0.5, 0.6) is 0 Å². The molecule has 2 amide bonds. The largest absolute Gasteiger partial charge is 0.345 e. The smallest absolute Gasteiger partial charge is 0.246 e. The lowest BCUT2D eigenvalue weighted by molar-refractivity contribution is -0.129. The van der Waals surface area contributed by atoms with Crippen molar-refractivity contribution < 1.29 is 9.59 Å². The quantitative estimate of drug-likeness (QED) is 0.892. The van der Waals surface area contributed by atoms with Crippen LogP contribution in [0.3, 0.4) is 0 Å². The van der Waals surface area contributed by atoms with E-state index in [0.717, 1.165) is 37.8 Å². The molecule has 0 saturated heterocycles. The second-order valence-electron chi connectivity index (χ2n) is 6.68. The molecule has 0 spiro atoms. The highest BCUT2D eigenvalue weighted by Crippen LogP contribution is 2.27. The van der Waals surface area contributed by atoms with E-state index in [9.17, 15) is 9.59 Å². The van der Waals surface area contributed by atoms with Gasteiger partial charge in [-0.25, -0.2) is 0 Å². The van der Waals surface area contributed by atoms with Gasteiger partial charge in [0.05, 0.1) is 12.1 Å². The molecular weight excluding hydrogens is 290 g/mol. The molecule has 1 aliphatic heterocycles. The number of aryl methyl sites for hydroxylation is 1. The molecule has 0 radical (unpaired) electrons. The lowest BCUT2D eigenvalue weighted by Gasteiger charge is -2.33. The van der Waals surface area contributed by atoms with Crippen molar-refractivity contribution in [1.29, 1.82) is 0 Å². The fourth-order valence-electron chi connectivity index (χ4n) is 3.63. The zero-order valence-corrected chi connectivity index (χ0v) is 13.5. The number of nitrogens with two attached hydrogens (primary N) is 1. The summed E-state index contributed by atoms with van der Waals surface area (Å²) in [7, 11) is 0. The van der Waals surface area contributed by atoms with Crippen molar-refractivity contribution in [3.8, 4) is 0 Å². The number of hydrogen-bond donors (Lipinski definition) is 2. The lowest BCUT2D eigenvalue weighted by Crippen LogP contribution is -2.56. The molecular formula is C18H25N3O2. The van der Waals surface area contributed by atoms with Gasteiger partial charge in [-0.15, -0.1) is 0 Å². The summed E-state index contributed by atoms with van der Waals surface area (Å²) in [5.74, 6) is -0.249. The molecule has 3 N–H and O–H groups in total. The Balaban J connectivity index is 1.61. The van der Waals surface area contributed by atoms with Crippen molar-refractivity contribution in [2.75, 3.05) is 18.0 Å². The van der Waals surface area contributed by atoms with Crippen molar-refractivity contribution in [2.45, 2.75) is 50.5 Å². The molecule has 1 aromatic rings. The van der Waals surface area contributed by atoms with E-state index >= 15 is 0 Å². The van der Waals surface area contributed by atoms with Crippen LogP contribution < -0.4 is 16.0 Å². The molecule has 0 bridgehead atoms. The summed E-state index contributed by atoms with van der Waals surface area (Å²) in [6.07, 6.45) is 6.47. The monoisotopic (exact) mass is 315 g/mol. The number of carbonyl (C=O) groups is 2. The third kappa shape index (κ3) is 3.39. The molecule has 23 heavy (non-hydrogen) atoms. The topological polar surface area (TPSA) is 75.4 Å². The molecule has 1 saturated carbocycles. The fraction of sp³-hybridized carbons (Fsp3) is 0.556. The van der Waals surface area contributed by atoms with E-state index in [1.807, 2.05) is 18.2 Å². The zero-order chi connectivity index (χ0) is 16.3. The first-order chi connectivity index (χ1) is 11.1. The highest BCUT2D eigenvalue weighted by molar-refractivity contribution is 5.98. The minimum atomic E-state index is -0.793. The average Bonchev–Trinajstić information content (AvgIpc) is 2.59. The van der Waals surface area contributed by atoms with E-state index in [-0.39, 0.29) is 18.4 Å². The van der Waals surface area contributed by atoms with Crippen LogP contribution in [0.15, 0.2) is 24.3 Å². The van der Waals surface area contributed by atoms with Gasteiger partial charge in [0.15, 0.2) is 0 Å². The Morgan fingerprint density at radius 2 is 1.87 bits per heavy atom. The van der Waals surface area contributed by atoms with Gasteiger partial charge >= 0.3 is 0 Å². The standard InChI is InChI=1S/C18H25N3O2/c19-18(10-4-1-5-11-18)17(23)20-13-16(22)21-12-6-8-14-7-2-3-9-15(14)21/h2-3,7,9H,1,4-6,8,10-13,19H2,(H,20,23). The molecule has 5 nitrogen and oxygen atoms in total. The van der Waals surface area contributed by atoms with Crippen LogP contribution in [-0.4, -0.2) is 30.4 Å². The highest BCUT2D eigenvalue weighted by Gasteiger charge is 2.35. The molecule has 3 rings (SSSR count). The lowest BCUT2D eigenvalue weighted by atomic mass is 9.82. The van der Waals surface area contributed by atoms with Crippen LogP contribution in [0, 0.1) is 0 Å². The number of nitrogens with zero attached hydrogens (tertiary/aromatic N) is 1. The first kappa shape index (κ1) is 16.0. The summed E-state index contributed by atoms with van der Waals surface area (Å²) < 4.78 is 0. The molecule has 0 unspecified atom stereocenters. The van der Waals surface area contributed by atoms with Crippen molar-refractivity contribution in [2.24, 2.45) is 5.73 Å². The Morgan fingerprint density at radius 1 is 1.13 bits per heavy atom. The molecule has 2 aliphatic rings. The predicted octanol–water partition coefficient (Wildman–Crippen LogP) is 1.74. The molecule has 124 valence electrons. The third-order valence-electron chi connectivity index (χ3n) is 5.01. The van der Waals surface area contributed by atoms with Crippen LogP contribution in [0.1, 0.15) is 44.1 Å². The number of carbonyl (C=O) groups excluding carboxylic acids is 2. The number of rotatable bonds is 3. The average molecular weight is 315 g/mol. The minimum absolute atomic E-state index is 0.0200. The molecule has 5 heteroatoms. The number of amides is 2. The van der Waals surface area contributed by atoms with E-state index in [1.54, 1.807) is 4.90 Å². The van der Waals surface area contributed by atoms with Gasteiger partial charge in [0.2, 0.25) is 11.8 Å². The number of nitrogens with one attached hydrogen (secondary N) is 1. The molecule has 1 aromatic carbocycles. The SMILES string of the molecule is NC1(C(=O)NCC(=O)N2CCCc3ccccc32)CCCCC1. The van der Waals surface area contributed by atoms with Crippen LogP contribution in [-0.2, 0) is 16.0 Å². The normalized spacial score (nSPS) is 19.8. The van der Waals surface area contributed by atoms with Gasteiger partial charge in [-0.3, -0.25) is 9.59 Å². The Kier molecular flexibility index (Phi) is 4.66. The maximum absolute atomic E-state index is 12.5. The number of anilines is 1. The van der Waals surface area contributed by atoms with Crippen LogP contribution in [0.2, 0.25) is 0 Å². The molecule has 0 aromatic heterocycles. The molecule has 1 aliphatic carbocycles. The van der Waals surface area contributed by atoms with E-state index < -0.39 is 5.54 Å². The summed E-state index contributed by atoms with van der Waals surface area (Å²) in [5.41, 5.74) is 7.58. The van der Waals surface area contributed by atoms with Crippen LogP contribution in [0.4, 0.5) is 5.69 Å². The summed E-state index contributed by atoms with van der Waals surface area (Å²) >= 11 is 0. The van der Waals surface area contributed by atoms with Gasteiger partial charge in [0, 0.05) is 12.2 Å². The van der Waals surface area contributed by atoms with Crippen LogP contribution >= 0.6 is 0 Å². The summed E-state index contributed by atoms with van der Waals surface area (Å²) in [4.78, 5) is 26.6. The van der Waals surface area contributed by atoms with E-state index in [0.29, 0.717) is 19.4 Å².